The third kappa shape index (κ3) is 3.65. The summed E-state index contributed by atoms with van der Waals surface area (Å²) in [5.74, 6) is -1.29. The molecule has 3 N–H and O–H groups in total. The van der Waals surface area contributed by atoms with Gasteiger partial charge in [-0.25, -0.2) is 4.39 Å². The molecule has 7 nitrogen and oxygen atoms in total. The van der Waals surface area contributed by atoms with E-state index in [2.05, 4.69) is 15.8 Å². The number of hydrogen-bond acceptors (Lipinski definition) is 3. The summed E-state index contributed by atoms with van der Waals surface area (Å²) in [4.78, 5) is 40.5. The average Bonchev–Trinajstić information content (AvgIpc) is 3.24. The van der Waals surface area contributed by atoms with E-state index in [9.17, 15) is 18.8 Å². The highest BCUT2D eigenvalue weighted by atomic mass is 19.1. The van der Waals surface area contributed by atoms with Gasteiger partial charge in [0.15, 0.2) is 5.78 Å². The molecule has 2 amide bonds. The Labute approximate surface area is 178 Å². The van der Waals surface area contributed by atoms with Crippen molar-refractivity contribution in [3.05, 3.63) is 75.6 Å². The molecule has 1 aliphatic rings. The van der Waals surface area contributed by atoms with Gasteiger partial charge < -0.3 is 9.55 Å². The highest BCUT2D eigenvalue weighted by Gasteiger charge is 2.26. The number of benzene rings is 1. The first-order valence-corrected chi connectivity index (χ1v) is 10.1. The predicted octanol–water partition coefficient (Wildman–Crippen LogP) is 3.46. The molecule has 1 aromatic carbocycles. The summed E-state index contributed by atoms with van der Waals surface area (Å²) in [6.45, 7) is 5.35. The van der Waals surface area contributed by atoms with Gasteiger partial charge in [-0.2, -0.15) is 0 Å². The molecule has 3 aromatic rings. The van der Waals surface area contributed by atoms with E-state index in [1.165, 1.54) is 12.1 Å². The Hall–Kier alpha value is -3.68. The minimum atomic E-state index is -0.514. The quantitative estimate of drug-likeness (QED) is 0.564. The predicted molar refractivity (Wildman–Crippen MR) is 113 cm³/mol. The van der Waals surface area contributed by atoms with E-state index in [0.29, 0.717) is 28.8 Å². The fraction of sp³-hybridized carbons (Fsp3) is 0.261. The third-order valence-electron chi connectivity index (χ3n) is 5.71. The molecule has 0 saturated carbocycles. The van der Waals surface area contributed by atoms with Crippen LogP contribution in [0.3, 0.4) is 0 Å². The van der Waals surface area contributed by atoms with Gasteiger partial charge in [0.25, 0.3) is 11.8 Å². The zero-order valence-electron chi connectivity index (χ0n) is 17.6. The van der Waals surface area contributed by atoms with Crippen LogP contribution in [0, 0.1) is 26.6 Å². The highest BCUT2D eigenvalue weighted by molar-refractivity contribution is 6.05. The van der Waals surface area contributed by atoms with Crippen molar-refractivity contribution >= 4 is 17.6 Å². The molecule has 0 saturated heterocycles. The van der Waals surface area contributed by atoms with Crippen molar-refractivity contribution in [2.45, 2.75) is 40.0 Å². The Morgan fingerprint density at radius 3 is 2.39 bits per heavy atom. The molecule has 0 fully saturated rings. The Bertz CT molecular complexity index is 1200. The number of rotatable bonds is 3. The number of fused-ring (bicyclic) bond motifs is 1. The standard InChI is InChI=1S/C23H23FN4O3/c1-12-11-17(14(3)28(12)16-9-7-15(24)8-10-16)22(30)26-27-23(31)21-13(2)20-18(25-21)5-4-6-19(20)29/h7-11,25H,4-6H2,1-3H3,(H,26,30)(H,27,31). The number of amides is 2. The van der Waals surface area contributed by atoms with E-state index in [1.54, 1.807) is 32.0 Å². The molecule has 0 spiro atoms. The third-order valence-corrected chi connectivity index (χ3v) is 5.71. The number of ketones is 1. The number of H-pyrrole nitrogens is 1. The highest BCUT2D eigenvalue weighted by Crippen LogP contribution is 2.26. The monoisotopic (exact) mass is 422 g/mol. The molecule has 2 heterocycles. The van der Waals surface area contributed by atoms with Crippen LogP contribution in [-0.2, 0) is 6.42 Å². The fourth-order valence-electron chi connectivity index (χ4n) is 4.22. The first kappa shape index (κ1) is 20.6. The zero-order valence-corrected chi connectivity index (χ0v) is 17.6. The number of nitrogens with zero attached hydrogens (tertiary/aromatic N) is 1. The number of aryl methyl sites for hydroxylation is 2. The largest absolute Gasteiger partial charge is 0.354 e. The molecular formula is C23H23FN4O3. The molecule has 1 aliphatic carbocycles. The first-order valence-electron chi connectivity index (χ1n) is 10.1. The lowest BCUT2D eigenvalue weighted by molar-refractivity contribution is 0.0843. The molecule has 0 unspecified atom stereocenters. The zero-order chi connectivity index (χ0) is 22.3. The van der Waals surface area contributed by atoms with Crippen molar-refractivity contribution in [1.29, 1.82) is 0 Å². The molecule has 0 aliphatic heterocycles. The number of nitrogens with one attached hydrogen (secondary N) is 3. The number of halogens is 1. The number of hydrazine groups is 1. The second-order valence-corrected chi connectivity index (χ2v) is 7.76. The molecule has 8 heteroatoms. The summed E-state index contributed by atoms with van der Waals surface area (Å²) in [6, 6.07) is 7.69. The van der Waals surface area contributed by atoms with Crippen LogP contribution in [0.25, 0.3) is 5.69 Å². The molecule has 160 valence electrons. The maximum absolute atomic E-state index is 13.2. The minimum absolute atomic E-state index is 0.0336. The van der Waals surface area contributed by atoms with Crippen molar-refractivity contribution in [2.75, 3.05) is 0 Å². The maximum atomic E-state index is 13.2. The van der Waals surface area contributed by atoms with Crippen LogP contribution in [0.2, 0.25) is 0 Å². The molecule has 0 radical (unpaired) electrons. The van der Waals surface area contributed by atoms with E-state index >= 15 is 0 Å². The van der Waals surface area contributed by atoms with Gasteiger partial charge in [-0.1, -0.05) is 0 Å². The lowest BCUT2D eigenvalue weighted by Crippen LogP contribution is -2.42. The van der Waals surface area contributed by atoms with Crippen LogP contribution in [0.5, 0.6) is 0 Å². The van der Waals surface area contributed by atoms with E-state index in [-0.39, 0.29) is 17.3 Å². The van der Waals surface area contributed by atoms with Gasteiger partial charge in [-0.05, 0) is 69.5 Å². The summed E-state index contributed by atoms with van der Waals surface area (Å²) < 4.78 is 15.1. The summed E-state index contributed by atoms with van der Waals surface area (Å²) in [5, 5.41) is 0. The van der Waals surface area contributed by atoms with Gasteiger partial charge in [0.2, 0.25) is 0 Å². The number of hydrogen-bond donors (Lipinski definition) is 3. The van der Waals surface area contributed by atoms with E-state index in [1.807, 2.05) is 11.5 Å². The first-order chi connectivity index (χ1) is 14.8. The van der Waals surface area contributed by atoms with Crippen LogP contribution >= 0.6 is 0 Å². The molecule has 2 aromatic heterocycles. The number of aromatic amines is 1. The average molecular weight is 422 g/mol. The number of carbonyl (C=O) groups excluding carboxylic acids is 3. The molecule has 0 bridgehead atoms. The number of carbonyl (C=O) groups is 3. The van der Waals surface area contributed by atoms with Crippen molar-refractivity contribution in [1.82, 2.24) is 20.4 Å². The lowest BCUT2D eigenvalue weighted by Gasteiger charge is -2.10. The van der Waals surface area contributed by atoms with Gasteiger partial charge in [0.1, 0.15) is 11.5 Å². The Kier molecular flexibility index (Phi) is 5.22. The molecular weight excluding hydrogens is 399 g/mol. The SMILES string of the molecule is Cc1c(C(=O)NNC(=O)c2cc(C)n(-c3ccc(F)cc3)c2C)[nH]c2c1C(=O)CCC2. The van der Waals surface area contributed by atoms with E-state index in [4.69, 9.17) is 0 Å². The van der Waals surface area contributed by atoms with Crippen LogP contribution < -0.4 is 10.9 Å². The summed E-state index contributed by atoms with van der Waals surface area (Å²) in [5.41, 5.74) is 9.68. The van der Waals surface area contributed by atoms with Gasteiger partial charge in [-0.3, -0.25) is 25.2 Å². The van der Waals surface area contributed by atoms with Crippen molar-refractivity contribution in [3.63, 3.8) is 0 Å². The Morgan fingerprint density at radius 1 is 1.03 bits per heavy atom. The molecule has 0 atom stereocenters. The summed E-state index contributed by atoms with van der Waals surface area (Å²) in [6.07, 6.45) is 1.96. The molecule has 4 rings (SSSR count). The van der Waals surface area contributed by atoms with Crippen LogP contribution in [0.1, 0.15) is 66.7 Å². The van der Waals surface area contributed by atoms with Crippen LogP contribution in [0.4, 0.5) is 4.39 Å². The van der Waals surface area contributed by atoms with Gasteiger partial charge in [-0.15, -0.1) is 0 Å². The summed E-state index contributed by atoms with van der Waals surface area (Å²) >= 11 is 0. The second kappa shape index (κ2) is 7.86. The van der Waals surface area contributed by atoms with Gasteiger partial charge in [0.05, 0.1) is 5.56 Å². The maximum Gasteiger partial charge on any atom is 0.286 e. The van der Waals surface area contributed by atoms with Crippen LogP contribution in [0.15, 0.2) is 30.3 Å². The Balaban J connectivity index is 1.51. The fourth-order valence-corrected chi connectivity index (χ4v) is 4.22. The minimum Gasteiger partial charge on any atom is -0.354 e. The summed E-state index contributed by atoms with van der Waals surface area (Å²) in [7, 11) is 0. The van der Waals surface area contributed by atoms with Gasteiger partial charge in [0, 0.05) is 34.8 Å². The smallest absolute Gasteiger partial charge is 0.286 e. The second-order valence-electron chi connectivity index (χ2n) is 7.76. The number of aromatic nitrogens is 2. The van der Waals surface area contributed by atoms with Crippen molar-refractivity contribution in [3.8, 4) is 5.69 Å². The van der Waals surface area contributed by atoms with E-state index in [0.717, 1.165) is 29.9 Å². The molecule has 31 heavy (non-hydrogen) atoms. The lowest BCUT2D eigenvalue weighted by atomic mass is 9.94. The van der Waals surface area contributed by atoms with Gasteiger partial charge >= 0.3 is 0 Å². The van der Waals surface area contributed by atoms with Crippen molar-refractivity contribution < 1.29 is 18.8 Å². The van der Waals surface area contributed by atoms with Crippen LogP contribution in [-0.4, -0.2) is 27.1 Å². The number of Topliss-reactive ketones (excluding diaryl/α,β-unsaturated/α-hetero) is 1. The Morgan fingerprint density at radius 2 is 1.71 bits per heavy atom. The normalized spacial score (nSPS) is 13.1. The van der Waals surface area contributed by atoms with Crippen molar-refractivity contribution in [2.24, 2.45) is 0 Å². The van der Waals surface area contributed by atoms with E-state index < -0.39 is 11.8 Å². The topological polar surface area (TPSA) is 96.0 Å².